The van der Waals surface area contributed by atoms with Gasteiger partial charge in [-0.3, -0.25) is 0 Å². The minimum Gasteiger partial charge on any atom is -0.406 e. The maximum Gasteiger partial charge on any atom is 0.573 e. The van der Waals surface area contributed by atoms with E-state index in [1.54, 1.807) is 6.20 Å². The zero-order valence-electron chi connectivity index (χ0n) is 8.66. The molecule has 0 aliphatic carbocycles. The molecule has 1 aromatic heterocycles. The number of nitrogens with zero attached hydrogens (tertiary/aromatic N) is 1. The molecule has 0 amide bonds. The van der Waals surface area contributed by atoms with E-state index in [4.69, 9.17) is 5.73 Å². The first kappa shape index (κ1) is 13.2. The number of halogens is 4. The van der Waals surface area contributed by atoms with Crippen molar-refractivity contribution in [2.45, 2.75) is 6.36 Å². The van der Waals surface area contributed by atoms with Crippen LogP contribution in [0.25, 0.3) is 10.4 Å². The van der Waals surface area contributed by atoms with E-state index in [0.29, 0.717) is 15.2 Å². The van der Waals surface area contributed by atoms with Gasteiger partial charge in [-0.15, -0.1) is 13.2 Å². The quantitative estimate of drug-likeness (QED) is 0.898. The van der Waals surface area contributed by atoms with Crippen LogP contribution in [0.15, 0.2) is 28.9 Å². The van der Waals surface area contributed by atoms with Crippen LogP contribution in [-0.2, 0) is 0 Å². The largest absolute Gasteiger partial charge is 0.573 e. The lowest BCUT2D eigenvalue weighted by Crippen LogP contribution is -2.17. The van der Waals surface area contributed by atoms with E-state index in [2.05, 4.69) is 25.7 Å². The van der Waals surface area contributed by atoms with Crippen LogP contribution in [-0.4, -0.2) is 11.3 Å². The Labute approximate surface area is 113 Å². The maximum atomic E-state index is 12.0. The SMILES string of the molecule is Nc1ncc(-c2ccc(OC(F)(F)F)cc2Br)s1. The van der Waals surface area contributed by atoms with Gasteiger partial charge in [0.25, 0.3) is 0 Å². The lowest BCUT2D eigenvalue weighted by Gasteiger charge is -2.10. The summed E-state index contributed by atoms with van der Waals surface area (Å²) in [5.74, 6) is -0.282. The standard InChI is InChI=1S/C10H6BrF3N2OS/c11-7-3-5(17-10(12,13)14)1-2-6(7)8-4-16-9(15)18-8/h1-4H,(H2,15,16). The van der Waals surface area contributed by atoms with E-state index >= 15 is 0 Å². The van der Waals surface area contributed by atoms with Gasteiger partial charge in [0.1, 0.15) is 5.75 Å². The van der Waals surface area contributed by atoms with Gasteiger partial charge in [0.15, 0.2) is 5.13 Å². The van der Waals surface area contributed by atoms with Crippen molar-refractivity contribution in [1.29, 1.82) is 0 Å². The third kappa shape index (κ3) is 3.14. The van der Waals surface area contributed by atoms with Gasteiger partial charge in [0.05, 0.1) is 4.88 Å². The van der Waals surface area contributed by atoms with Crippen LogP contribution < -0.4 is 10.5 Å². The van der Waals surface area contributed by atoms with Crippen LogP contribution in [0.2, 0.25) is 0 Å². The van der Waals surface area contributed by atoms with Crippen molar-refractivity contribution >= 4 is 32.4 Å². The van der Waals surface area contributed by atoms with Crippen LogP contribution in [0.1, 0.15) is 0 Å². The van der Waals surface area contributed by atoms with Crippen molar-refractivity contribution in [2.24, 2.45) is 0 Å². The topological polar surface area (TPSA) is 48.1 Å². The minimum atomic E-state index is -4.70. The second-order valence-corrected chi connectivity index (χ2v) is 5.17. The number of nitrogen functional groups attached to an aromatic ring is 1. The number of alkyl halides is 3. The van der Waals surface area contributed by atoms with Gasteiger partial charge in [0, 0.05) is 16.2 Å². The Bertz CT molecular complexity index is 570. The molecule has 1 heterocycles. The molecular formula is C10H6BrF3N2OS. The summed E-state index contributed by atoms with van der Waals surface area (Å²) in [5.41, 5.74) is 6.20. The number of nitrogens with two attached hydrogens (primary N) is 1. The Morgan fingerprint density at radius 1 is 1.33 bits per heavy atom. The zero-order valence-corrected chi connectivity index (χ0v) is 11.1. The molecule has 18 heavy (non-hydrogen) atoms. The van der Waals surface area contributed by atoms with E-state index in [9.17, 15) is 13.2 Å². The minimum absolute atomic E-state index is 0.282. The Hall–Kier alpha value is -1.28. The third-order valence-corrected chi connectivity index (χ3v) is 3.48. The van der Waals surface area contributed by atoms with Crippen LogP contribution >= 0.6 is 27.3 Å². The second kappa shape index (κ2) is 4.77. The van der Waals surface area contributed by atoms with Crippen molar-refractivity contribution in [1.82, 2.24) is 4.98 Å². The predicted molar refractivity (Wildman–Crippen MR) is 66.3 cm³/mol. The first-order valence-electron chi connectivity index (χ1n) is 4.62. The smallest absolute Gasteiger partial charge is 0.406 e. The Kier molecular flexibility index (Phi) is 3.49. The molecule has 0 fully saturated rings. The molecule has 0 saturated heterocycles. The molecule has 0 bridgehead atoms. The van der Waals surface area contributed by atoms with Crippen LogP contribution in [0.3, 0.4) is 0 Å². The van der Waals surface area contributed by atoms with Crippen molar-refractivity contribution < 1.29 is 17.9 Å². The first-order valence-corrected chi connectivity index (χ1v) is 6.23. The van der Waals surface area contributed by atoms with Crippen molar-refractivity contribution in [3.05, 3.63) is 28.9 Å². The van der Waals surface area contributed by atoms with Gasteiger partial charge in [-0.05, 0) is 34.1 Å². The van der Waals surface area contributed by atoms with Crippen molar-refractivity contribution in [3.8, 4) is 16.2 Å². The highest BCUT2D eigenvalue weighted by atomic mass is 79.9. The fourth-order valence-corrected chi connectivity index (χ4v) is 2.73. The molecule has 0 saturated carbocycles. The van der Waals surface area contributed by atoms with Crippen LogP contribution in [0.4, 0.5) is 18.3 Å². The Morgan fingerprint density at radius 3 is 2.56 bits per heavy atom. The first-order chi connectivity index (χ1) is 8.35. The average Bonchev–Trinajstić information content (AvgIpc) is 2.62. The number of aromatic nitrogens is 1. The monoisotopic (exact) mass is 338 g/mol. The van der Waals surface area contributed by atoms with Gasteiger partial charge in [-0.1, -0.05) is 11.3 Å². The third-order valence-electron chi connectivity index (χ3n) is 1.96. The van der Waals surface area contributed by atoms with Crippen molar-refractivity contribution in [3.63, 3.8) is 0 Å². The van der Waals surface area contributed by atoms with Gasteiger partial charge < -0.3 is 10.5 Å². The summed E-state index contributed by atoms with van der Waals surface area (Å²) in [4.78, 5) is 4.64. The number of hydrogen-bond donors (Lipinski definition) is 1. The average molecular weight is 339 g/mol. The van der Waals surface area contributed by atoms with E-state index in [-0.39, 0.29) is 5.75 Å². The van der Waals surface area contributed by atoms with E-state index in [1.165, 1.54) is 29.5 Å². The molecule has 0 aliphatic rings. The van der Waals surface area contributed by atoms with E-state index in [1.807, 2.05) is 0 Å². The number of ether oxygens (including phenoxy) is 1. The molecule has 2 aromatic rings. The number of anilines is 1. The zero-order chi connectivity index (χ0) is 13.3. The molecule has 0 unspecified atom stereocenters. The van der Waals surface area contributed by atoms with E-state index in [0.717, 1.165) is 4.88 Å². The molecule has 8 heteroatoms. The summed E-state index contributed by atoms with van der Waals surface area (Å²) < 4.78 is 40.4. The number of thiazole rings is 1. The predicted octanol–water partition coefficient (Wildman–Crippen LogP) is 4.05. The lowest BCUT2D eigenvalue weighted by atomic mass is 10.2. The molecule has 0 atom stereocenters. The molecule has 2 N–H and O–H groups in total. The number of hydrogen-bond acceptors (Lipinski definition) is 4. The highest BCUT2D eigenvalue weighted by molar-refractivity contribution is 9.10. The lowest BCUT2D eigenvalue weighted by molar-refractivity contribution is -0.274. The molecule has 2 rings (SSSR count). The summed E-state index contributed by atoms with van der Waals surface area (Å²) in [6.07, 6.45) is -3.14. The molecule has 96 valence electrons. The Balaban J connectivity index is 2.31. The maximum absolute atomic E-state index is 12.0. The van der Waals surface area contributed by atoms with Gasteiger partial charge in [0.2, 0.25) is 0 Å². The van der Waals surface area contributed by atoms with Gasteiger partial charge in [-0.2, -0.15) is 0 Å². The highest BCUT2D eigenvalue weighted by Crippen LogP contribution is 2.36. The second-order valence-electron chi connectivity index (χ2n) is 3.25. The van der Waals surface area contributed by atoms with Crippen LogP contribution in [0, 0.1) is 0 Å². The number of benzene rings is 1. The molecular weight excluding hydrogens is 333 g/mol. The summed E-state index contributed by atoms with van der Waals surface area (Å²) in [6.45, 7) is 0. The van der Waals surface area contributed by atoms with Gasteiger partial charge >= 0.3 is 6.36 Å². The highest BCUT2D eigenvalue weighted by Gasteiger charge is 2.31. The Morgan fingerprint density at radius 2 is 2.06 bits per heavy atom. The van der Waals surface area contributed by atoms with Crippen LogP contribution in [0.5, 0.6) is 5.75 Å². The fraction of sp³-hybridized carbons (Fsp3) is 0.100. The summed E-state index contributed by atoms with van der Waals surface area (Å²) in [7, 11) is 0. The molecule has 3 nitrogen and oxygen atoms in total. The molecule has 0 spiro atoms. The fourth-order valence-electron chi connectivity index (χ4n) is 1.30. The normalized spacial score (nSPS) is 11.6. The summed E-state index contributed by atoms with van der Waals surface area (Å²) >= 11 is 4.44. The van der Waals surface area contributed by atoms with Gasteiger partial charge in [-0.25, -0.2) is 4.98 Å². The molecule has 0 radical (unpaired) electrons. The summed E-state index contributed by atoms with van der Waals surface area (Å²) in [6, 6.07) is 4.00. The summed E-state index contributed by atoms with van der Waals surface area (Å²) in [5, 5.41) is 0.396. The molecule has 0 aliphatic heterocycles. The number of rotatable bonds is 2. The molecule has 1 aromatic carbocycles. The van der Waals surface area contributed by atoms with E-state index < -0.39 is 6.36 Å². The van der Waals surface area contributed by atoms with Crippen molar-refractivity contribution in [2.75, 3.05) is 5.73 Å².